The first kappa shape index (κ1) is 9.57. The number of rotatable bonds is 6. The lowest BCUT2D eigenvalue weighted by Gasteiger charge is -1.99. The normalized spacial score (nSPS) is 15.2. The Labute approximate surface area is 76.4 Å². The molecule has 12 heavy (non-hydrogen) atoms. The summed E-state index contributed by atoms with van der Waals surface area (Å²) in [5.74, 6) is 0. The van der Waals surface area contributed by atoms with Gasteiger partial charge in [0.25, 0.3) is 0 Å². The molecule has 0 heterocycles. The molecule has 0 heteroatoms. The molecule has 0 N–H and O–H groups in total. The zero-order valence-electron chi connectivity index (χ0n) is 8.10. The van der Waals surface area contributed by atoms with Gasteiger partial charge in [0.1, 0.15) is 0 Å². The van der Waals surface area contributed by atoms with Crippen LogP contribution < -0.4 is 0 Å². The molecule has 0 saturated carbocycles. The van der Waals surface area contributed by atoms with Crippen molar-refractivity contribution in [2.24, 2.45) is 0 Å². The van der Waals surface area contributed by atoms with E-state index in [4.69, 9.17) is 0 Å². The lowest BCUT2D eigenvalue weighted by Crippen LogP contribution is -1.80. The largest absolute Gasteiger partial charge is 0.0798 e. The summed E-state index contributed by atoms with van der Waals surface area (Å²) in [6.07, 6.45) is 17.0. The van der Waals surface area contributed by atoms with Crippen molar-refractivity contribution in [2.75, 3.05) is 0 Å². The molecule has 1 radical (unpaired) electrons. The Hall–Kier alpha value is -0.520. The summed E-state index contributed by atoms with van der Waals surface area (Å²) in [5.41, 5.74) is 1.44. The fourth-order valence-corrected chi connectivity index (χ4v) is 1.54. The third kappa shape index (κ3) is 3.75. The van der Waals surface area contributed by atoms with Crippen molar-refractivity contribution in [1.29, 1.82) is 0 Å². The maximum Gasteiger partial charge on any atom is -0.00885 e. The lowest BCUT2D eigenvalue weighted by molar-refractivity contribution is 0.633. The minimum Gasteiger partial charge on any atom is -0.0798 e. The van der Waals surface area contributed by atoms with Crippen LogP contribution in [0.1, 0.15) is 51.9 Å². The van der Waals surface area contributed by atoms with Crippen LogP contribution in [0.4, 0.5) is 0 Å². The van der Waals surface area contributed by atoms with Crippen LogP contribution in [0.15, 0.2) is 17.7 Å². The summed E-state index contributed by atoms with van der Waals surface area (Å²) < 4.78 is 0. The van der Waals surface area contributed by atoms with E-state index in [-0.39, 0.29) is 0 Å². The van der Waals surface area contributed by atoms with E-state index in [0.29, 0.717) is 0 Å². The Balaban J connectivity index is 1.92. The van der Waals surface area contributed by atoms with Crippen LogP contribution in [0.2, 0.25) is 0 Å². The van der Waals surface area contributed by atoms with Crippen LogP contribution in [0.5, 0.6) is 0 Å². The highest BCUT2D eigenvalue weighted by Crippen LogP contribution is 2.16. The number of allylic oxidation sites excluding steroid dienone is 4. The Morgan fingerprint density at radius 2 is 2.08 bits per heavy atom. The van der Waals surface area contributed by atoms with E-state index < -0.39 is 0 Å². The Morgan fingerprint density at radius 3 is 2.75 bits per heavy atom. The van der Waals surface area contributed by atoms with Crippen LogP contribution >= 0.6 is 0 Å². The molecular formula is C12H19. The smallest absolute Gasteiger partial charge is 0.00885 e. The van der Waals surface area contributed by atoms with Gasteiger partial charge in [0.15, 0.2) is 0 Å². The van der Waals surface area contributed by atoms with Crippen molar-refractivity contribution >= 4 is 0 Å². The molecule has 0 nitrogen and oxygen atoms in total. The van der Waals surface area contributed by atoms with Gasteiger partial charge in [0.2, 0.25) is 0 Å². The molecule has 0 saturated heterocycles. The summed E-state index contributed by atoms with van der Waals surface area (Å²) in [5, 5.41) is 0. The van der Waals surface area contributed by atoms with Crippen LogP contribution in [-0.2, 0) is 0 Å². The van der Waals surface area contributed by atoms with Gasteiger partial charge in [0, 0.05) is 0 Å². The van der Waals surface area contributed by atoms with Gasteiger partial charge in [-0.2, -0.15) is 0 Å². The first-order valence-corrected chi connectivity index (χ1v) is 5.19. The molecular weight excluding hydrogens is 144 g/mol. The zero-order valence-corrected chi connectivity index (χ0v) is 8.10. The van der Waals surface area contributed by atoms with E-state index in [1.807, 2.05) is 0 Å². The maximum atomic E-state index is 3.35. The van der Waals surface area contributed by atoms with E-state index >= 15 is 0 Å². The van der Waals surface area contributed by atoms with Gasteiger partial charge in [0.05, 0.1) is 0 Å². The van der Waals surface area contributed by atoms with Crippen molar-refractivity contribution in [3.8, 4) is 0 Å². The molecule has 0 aromatic heterocycles. The third-order valence-electron chi connectivity index (χ3n) is 2.32. The molecule has 0 aliphatic heterocycles. The molecule has 0 aromatic carbocycles. The van der Waals surface area contributed by atoms with Crippen LogP contribution in [0.25, 0.3) is 0 Å². The standard InChI is InChI=1S/C12H19/c1-2-3-4-5-6-9-12-10-7-8-11-12/h7,10H,2-6,8-9H2,1H3. The Bertz CT molecular complexity index is 163. The number of hydrogen-bond donors (Lipinski definition) is 0. The van der Waals surface area contributed by atoms with Crippen molar-refractivity contribution in [1.82, 2.24) is 0 Å². The van der Waals surface area contributed by atoms with Crippen LogP contribution in [0.3, 0.4) is 0 Å². The molecule has 0 unspecified atom stereocenters. The third-order valence-corrected chi connectivity index (χ3v) is 2.32. The summed E-state index contributed by atoms with van der Waals surface area (Å²) >= 11 is 0. The predicted octanol–water partition coefficient (Wildman–Crippen LogP) is 4.04. The average Bonchev–Trinajstić information content (AvgIpc) is 2.57. The second-order valence-corrected chi connectivity index (χ2v) is 3.47. The van der Waals surface area contributed by atoms with Crippen LogP contribution in [0, 0.1) is 6.08 Å². The summed E-state index contributed by atoms with van der Waals surface area (Å²) in [4.78, 5) is 0. The number of hydrogen-bond acceptors (Lipinski definition) is 0. The molecule has 1 aliphatic rings. The topological polar surface area (TPSA) is 0 Å². The van der Waals surface area contributed by atoms with E-state index in [1.165, 1.54) is 44.1 Å². The van der Waals surface area contributed by atoms with Crippen molar-refractivity contribution < 1.29 is 0 Å². The van der Waals surface area contributed by atoms with Gasteiger partial charge >= 0.3 is 0 Å². The average molecular weight is 163 g/mol. The van der Waals surface area contributed by atoms with Crippen molar-refractivity contribution in [3.63, 3.8) is 0 Å². The van der Waals surface area contributed by atoms with Gasteiger partial charge in [-0.3, -0.25) is 0 Å². The SMILES string of the molecule is CCCCCCCC1=[C]CC=C1. The second-order valence-electron chi connectivity index (χ2n) is 3.47. The number of unbranched alkanes of at least 4 members (excludes halogenated alkanes) is 4. The van der Waals surface area contributed by atoms with Gasteiger partial charge < -0.3 is 0 Å². The van der Waals surface area contributed by atoms with Gasteiger partial charge in [-0.15, -0.1) is 0 Å². The lowest BCUT2D eigenvalue weighted by atomic mass is 10.1. The van der Waals surface area contributed by atoms with Crippen molar-refractivity contribution in [2.45, 2.75) is 51.9 Å². The minimum absolute atomic E-state index is 1.05. The molecule has 0 spiro atoms. The summed E-state index contributed by atoms with van der Waals surface area (Å²) in [7, 11) is 0. The Morgan fingerprint density at radius 1 is 1.25 bits per heavy atom. The zero-order chi connectivity index (χ0) is 8.65. The summed E-state index contributed by atoms with van der Waals surface area (Å²) in [6, 6.07) is 0. The molecule has 1 rings (SSSR count). The summed E-state index contributed by atoms with van der Waals surface area (Å²) in [6.45, 7) is 2.26. The van der Waals surface area contributed by atoms with Gasteiger partial charge in [-0.1, -0.05) is 44.8 Å². The highest BCUT2D eigenvalue weighted by atomic mass is 14.0. The fourth-order valence-electron chi connectivity index (χ4n) is 1.54. The van der Waals surface area contributed by atoms with Gasteiger partial charge in [-0.05, 0) is 30.9 Å². The Kier molecular flexibility index (Phi) is 4.82. The van der Waals surface area contributed by atoms with E-state index in [9.17, 15) is 0 Å². The highest BCUT2D eigenvalue weighted by Gasteiger charge is 1.97. The monoisotopic (exact) mass is 163 g/mol. The van der Waals surface area contributed by atoms with Gasteiger partial charge in [-0.25, -0.2) is 0 Å². The maximum absolute atomic E-state index is 3.35. The van der Waals surface area contributed by atoms with Crippen molar-refractivity contribution in [3.05, 3.63) is 23.8 Å². The van der Waals surface area contributed by atoms with Crippen LogP contribution in [-0.4, -0.2) is 0 Å². The first-order chi connectivity index (χ1) is 5.93. The van der Waals surface area contributed by atoms with E-state index in [1.54, 1.807) is 0 Å². The highest BCUT2D eigenvalue weighted by molar-refractivity contribution is 5.21. The molecule has 0 atom stereocenters. The molecule has 1 aliphatic carbocycles. The second kappa shape index (κ2) is 6.05. The predicted molar refractivity (Wildman–Crippen MR) is 53.9 cm³/mol. The van der Waals surface area contributed by atoms with E-state index in [2.05, 4.69) is 25.2 Å². The van der Waals surface area contributed by atoms with E-state index in [0.717, 1.165) is 6.42 Å². The molecule has 0 aromatic rings. The molecule has 0 bridgehead atoms. The minimum atomic E-state index is 1.05. The molecule has 0 fully saturated rings. The quantitative estimate of drug-likeness (QED) is 0.518. The first-order valence-electron chi connectivity index (χ1n) is 5.19. The molecule has 0 amide bonds. The molecule has 67 valence electrons. The fraction of sp³-hybridized carbons (Fsp3) is 0.667.